The normalized spacial score (nSPS) is 24.6. The first-order valence-electron chi connectivity index (χ1n) is 5.73. The third-order valence-corrected chi connectivity index (χ3v) is 4.16. The van der Waals surface area contributed by atoms with Gasteiger partial charge in [-0.2, -0.15) is 8.42 Å². The topological polar surface area (TPSA) is 46.6 Å². The Morgan fingerprint density at radius 3 is 2.94 bits per heavy atom. The molecule has 0 bridgehead atoms. The third kappa shape index (κ3) is 3.46. The van der Waals surface area contributed by atoms with Crippen molar-refractivity contribution in [1.29, 1.82) is 0 Å². The molecule has 0 aromatic rings. The third-order valence-electron chi connectivity index (χ3n) is 2.90. The molecule has 0 aromatic heterocycles. The first-order chi connectivity index (χ1) is 8.35. The van der Waals surface area contributed by atoms with E-state index in [4.69, 9.17) is 4.18 Å². The highest BCUT2D eigenvalue weighted by Crippen LogP contribution is 2.32. The number of halogens is 1. The van der Waals surface area contributed by atoms with Crippen molar-refractivity contribution >= 4 is 26.0 Å². The van der Waals surface area contributed by atoms with Crippen LogP contribution in [0, 0.1) is 0 Å². The molecule has 4 nitrogen and oxygen atoms in total. The fraction of sp³-hybridized carbons (Fsp3) is 0.500. The molecule has 18 heavy (non-hydrogen) atoms. The first kappa shape index (κ1) is 13.8. The highest BCUT2D eigenvalue weighted by molar-refractivity contribution is 9.11. The minimum atomic E-state index is -3.39. The molecule has 1 aliphatic heterocycles. The summed E-state index contributed by atoms with van der Waals surface area (Å²) in [5.41, 5.74) is 1.25. The summed E-state index contributed by atoms with van der Waals surface area (Å²) in [7, 11) is -3.39. The van der Waals surface area contributed by atoms with Crippen molar-refractivity contribution in [2.45, 2.75) is 25.5 Å². The van der Waals surface area contributed by atoms with Crippen molar-refractivity contribution in [1.82, 2.24) is 4.90 Å². The van der Waals surface area contributed by atoms with E-state index in [0.29, 0.717) is 6.54 Å². The van der Waals surface area contributed by atoms with Crippen LogP contribution in [0.4, 0.5) is 0 Å². The van der Waals surface area contributed by atoms with Crippen LogP contribution in [0.25, 0.3) is 0 Å². The molecule has 0 radical (unpaired) electrons. The highest BCUT2D eigenvalue weighted by Gasteiger charge is 2.27. The molecule has 0 saturated heterocycles. The van der Waals surface area contributed by atoms with Gasteiger partial charge in [0.1, 0.15) is 0 Å². The Morgan fingerprint density at radius 2 is 2.28 bits per heavy atom. The van der Waals surface area contributed by atoms with E-state index < -0.39 is 10.1 Å². The van der Waals surface area contributed by atoms with Gasteiger partial charge in [0.2, 0.25) is 0 Å². The molecule has 1 aliphatic carbocycles. The molecule has 2 rings (SSSR count). The highest BCUT2D eigenvalue weighted by atomic mass is 79.9. The second-order valence-electron chi connectivity index (χ2n) is 4.62. The standard InChI is InChI=1S/C12H16BrNO3S/c1-9(17-18(2,15)16)8-14-6-5-10-3-4-11(13)7-12(10)14/h3-6,9,12H,7-8H2,1-2H3/t9-,12+/m1/s1. The maximum Gasteiger partial charge on any atom is 0.264 e. The molecule has 100 valence electrons. The van der Waals surface area contributed by atoms with Crippen molar-refractivity contribution < 1.29 is 12.6 Å². The lowest BCUT2D eigenvalue weighted by Crippen LogP contribution is -2.36. The van der Waals surface area contributed by atoms with E-state index in [1.54, 1.807) is 6.92 Å². The summed E-state index contributed by atoms with van der Waals surface area (Å²) in [5, 5.41) is 0. The number of rotatable bonds is 4. The lowest BCUT2D eigenvalue weighted by atomic mass is 10.0. The van der Waals surface area contributed by atoms with Gasteiger partial charge in [0.15, 0.2) is 0 Å². The molecule has 0 N–H and O–H groups in total. The molecule has 0 amide bonds. The van der Waals surface area contributed by atoms with Crippen LogP contribution in [0.1, 0.15) is 13.3 Å². The van der Waals surface area contributed by atoms with Gasteiger partial charge in [-0.15, -0.1) is 0 Å². The zero-order valence-corrected chi connectivity index (χ0v) is 12.7. The Hall–Kier alpha value is -0.590. The summed E-state index contributed by atoms with van der Waals surface area (Å²) < 4.78 is 28.2. The SMILES string of the molecule is C[C@H](CN1C=CC2=CC=C(Br)C[C@@H]21)OS(C)(=O)=O. The maximum absolute atomic E-state index is 11.1. The lowest BCUT2D eigenvalue weighted by Gasteiger charge is -2.30. The Morgan fingerprint density at radius 1 is 1.56 bits per heavy atom. The Balaban J connectivity index is 1.99. The second kappa shape index (κ2) is 5.19. The molecule has 0 saturated carbocycles. The summed E-state index contributed by atoms with van der Waals surface area (Å²) >= 11 is 3.50. The second-order valence-corrected chi connectivity index (χ2v) is 7.24. The molecule has 6 heteroatoms. The van der Waals surface area contributed by atoms with Gasteiger partial charge in [0.05, 0.1) is 18.4 Å². The van der Waals surface area contributed by atoms with E-state index in [2.05, 4.69) is 39.1 Å². The van der Waals surface area contributed by atoms with Gasteiger partial charge in [0.25, 0.3) is 10.1 Å². The van der Waals surface area contributed by atoms with Gasteiger partial charge in [-0.05, 0) is 23.1 Å². The molecular weight excluding hydrogens is 318 g/mol. The number of hydrogen-bond donors (Lipinski definition) is 0. The van der Waals surface area contributed by atoms with Crippen LogP contribution < -0.4 is 0 Å². The molecule has 1 heterocycles. The smallest absolute Gasteiger partial charge is 0.264 e. The molecule has 0 spiro atoms. The molecular formula is C12H16BrNO3S. The number of nitrogens with zero attached hydrogens (tertiary/aromatic N) is 1. The number of hydrogen-bond acceptors (Lipinski definition) is 4. The average Bonchev–Trinajstić information content (AvgIpc) is 2.58. The van der Waals surface area contributed by atoms with Crippen molar-refractivity contribution in [2.24, 2.45) is 0 Å². The van der Waals surface area contributed by atoms with Crippen LogP contribution in [0.5, 0.6) is 0 Å². The van der Waals surface area contributed by atoms with Crippen LogP contribution >= 0.6 is 15.9 Å². The van der Waals surface area contributed by atoms with Crippen molar-refractivity contribution in [2.75, 3.05) is 12.8 Å². The Kier molecular flexibility index (Phi) is 3.99. The molecule has 2 atom stereocenters. The summed E-state index contributed by atoms with van der Waals surface area (Å²) in [5.74, 6) is 0. The van der Waals surface area contributed by atoms with Crippen LogP contribution in [-0.4, -0.2) is 38.3 Å². The van der Waals surface area contributed by atoms with Gasteiger partial charge in [-0.3, -0.25) is 4.18 Å². The van der Waals surface area contributed by atoms with E-state index in [9.17, 15) is 8.42 Å². The maximum atomic E-state index is 11.1. The summed E-state index contributed by atoms with van der Waals surface area (Å²) in [6.45, 7) is 2.33. The predicted octanol–water partition coefficient (Wildman–Crippen LogP) is 2.16. The van der Waals surface area contributed by atoms with Crippen LogP contribution in [-0.2, 0) is 14.3 Å². The van der Waals surface area contributed by atoms with Gasteiger partial charge in [0, 0.05) is 19.2 Å². The van der Waals surface area contributed by atoms with Gasteiger partial charge >= 0.3 is 0 Å². The van der Waals surface area contributed by atoms with E-state index in [1.807, 2.05) is 6.20 Å². The first-order valence-corrected chi connectivity index (χ1v) is 8.34. The number of allylic oxidation sites excluding steroid dienone is 2. The van der Waals surface area contributed by atoms with Crippen molar-refractivity contribution in [3.05, 3.63) is 34.5 Å². The summed E-state index contributed by atoms with van der Waals surface area (Å²) in [6.07, 6.45) is 9.83. The Bertz CT molecular complexity index is 521. The molecule has 2 aliphatic rings. The van der Waals surface area contributed by atoms with Crippen LogP contribution in [0.15, 0.2) is 34.5 Å². The minimum absolute atomic E-state index is 0.287. The number of fused-ring (bicyclic) bond motifs is 1. The van der Waals surface area contributed by atoms with Crippen LogP contribution in [0.2, 0.25) is 0 Å². The zero-order valence-electron chi connectivity index (χ0n) is 10.3. The Labute approximate surface area is 116 Å². The van der Waals surface area contributed by atoms with Gasteiger partial charge in [-0.25, -0.2) is 0 Å². The fourth-order valence-electron chi connectivity index (χ4n) is 2.24. The molecule has 0 fully saturated rings. The van der Waals surface area contributed by atoms with E-state index in [0.717, 1.165) is 17.2 Å². The fourth-order valence-corrected chi connectivity index (χ4v) is 3.34. The van der Waals surface area contributed by atoms with Crippen LogP contribution in [0.3, 0.4) is 0 Å². The minimum Gasteiger partial charge on any atom is -0.367 e. The van der Waals surface area contributed by atoms with Gasteiger partial charge < -0.3 is 4.90 Å². The molecule has 0 aromatic carbocycles. The predicted molar refractivity (Wildman–Crippen MR) is 74.7 cm³/mol. The lowest BCUT2D eigenvalue weighted by molar-refractivity contribution is 0.170. The largest absolute Gasteiger partial charge is 0.367 e. The van der Waals surface area contributed by atoms with E-state index >= 15 is 0 Å². The van der Waals surface area contributed by atoms with Gasteiger partial charge in [-0.1, -0.05) is 28.1 Å². The average molecular weight is 334 g/mol. The van der Waals surface area contributed by atoms with Crippen molar-refractivity contribution in [3.8, 4) is 0 Å². The summed E-state index contributed by atoms with van der Waals surface area (Å²) in [6, 6.07) is 0.287. The quantitative estimate of drug-likeness (QED) is 0.739. The monoisotopic (exact) mass is 333 g/mol. The molecule has 0 unspecified atom stereocenters. The van der Waals surface area contributed by atoms with E-state index in [1.165, 1.54) is 5.57 Å². The zero-order chi connectivity index (χ0) is 13.3. The van der Waals surface area contributed by atoms with Crippen molar-refractivity contribution in [3.63, 3.8) is 0 Å². The van der Waals surface area contributed by atoms with E-state index in [-0.39, 0.29) is 12.1 Å². The summed E-state index contributed by atoms with van der Waals surface area (Å²) in [4.78, 5) is 2.12.